The molecule has 0 aliphatic heterocycles. The molecule has 5 nitrogen and oxygen atoms in total. The summed E-state index contributed by atoms with van der Waals surface area (Å²) in [5.41, 5.74) is 1.06. The van der Waals surface area contributed by atoms with Gasteiger partial charge < -0.3 is 14.4 Å². The van der Waals surface area contributed by atoms with Crippen molar-refractivity contribution < 1.29 is 19.1 Å². The first kappa shape index (κ1) is 15.6. The van der Waals surface area contributed by atoms with E-state index in [9.17, 15) is 9.59 Å². The summed E-state index contributed by atoms with van der Waals surface area (Å²) in [5, 5.41) is 9.05. The summed E-state index contributed by atoms with van der Waals surface area (Å²) >= 11 is 0. The van der Waals surface area contributed by atoms with Crippen LogP contribution in [0.2, 0.25) is 0 Å². The fourth-order valence-corrected chi connectivity index (χ4v) is 2.47. The van der Waals surface area contributed by atoms with Crippen LogP contribution < -0.4 is 0 Å². The summed E-state index contributed by atoms with van der Waals surface area (Å²) in [6, 6.07) is 1.97. The highest BCUT2D eigenvalue weighted by Gasteiger charge is 2.36. The Morgan fingerprint density at radius 1 is 1.38 bits per heavy atom. The normalized spacial score (nSPS) is 15.8. The molecule has 1 aliphatic rings. The molecule has 5 heteroatoms. The molecule has 0 bridgehead atoms. The molecule has 1 aliphatic carbocycles. The summed E-state index contributed by atoms with van der Waals surface area (Å²) in [7, 11) is 0. The first-order chi connectivity index (χ1) is 9.97. The number of carboxylic acids is 1. The van der Waals surface area contributed by atoms with Crippen LogP contribution in [0.15, 0.2) is 10.5 Å². The Kier molecular flexibility index (Phi) is 4.70. The fraction of sp³-hybridized carbons (Fsp3) is 0.625. The number of hydrogen-bond acceptors (Lipinski definition) is 3. The number of carbonyl (C=O) groups is 2. The lowest BCUT2D eigenvalue weighted by Crippen LogP contribution is -2.38. The molecule has 1 heterocycles. The van der Waals surface area contributed by atoms with Crippen LogP contribution in [0.1, 0.15) is 55.5 Å². The highest BCUT2D eigenvalue weighted by atomic mass is 16.4. The molecule has 1 saturated carbocycles. The number of carbonyl (C=O) groups excluding carboxylic acids is 1. The molecular formula is C16H23NO4. The zero-order valence-corrected chi connectivity index (χ0v) is 12.9. The molecule has 116 valence electrons. The van der Waals surface area contributed by atoms with E-state index in [1.54, 1.807) is 11.8 Å². The van der Waals surface area contributed by atoms with Crippen molar-refractivity contribution in [1.29, 1.82) is 0 Å². The van der Waals surface area contributed by atoms with Gasteiger partial charge in [-0.05, 0) is 30.9 Å². The van der Waals surface area contributed by atoms with Gasteiger partial charge in [-0.3, -0.25) is 9.59 Å². The smallest absolute Gasteiger partial charge is 0.308 e. The predicted molar refractivity (Wildman–Crippen MR) is 78.3 cm³/mol. The average Bonchev–Trinajstić information content (AvgIpc) is 3.21. The van der Waals surface area contributed by atoms with Gasteiger partial charge in [-0.15, -0.1) is 0 Å². The van der Waals surface area contributed by atoms with E-state index in [-0.39, 0.29) is 18.5 Å². The van der Waals surface area contributed by atoms with Gasteiger partial charge in [0, 0.05) is 19.0 Å². The number of nitrogens with zero attached hydrogens (tertiary/aromatic N) is 1. The zero-order valence-electron chi connectivity index (χ0n) is 12.9. The third-order valence-electron chi connectivity index (χ3n) is 3.95. The Morgan fingerprint density at radius 3 is 2.48 bits per heavy atom. The van der Waals surface area contributed by atoms with Crippen molar-refractivity contribution in [3.8, 4) is 0 Å². The summed E-state index contributed by atoms with van der Waals surface area (Å²) in [6.45, 7) is 5.89. The van der Waals surface area contributed by atoms with Crippen LogP contribution in [0, 0.1) is 5.92 Å². The first-order valence-corrected chi connectivity index (χ1v) is 7.63. The second-order valence-electron chi connectivity index (χ2n) is 5.69. The minimum Gasteiger partial charge on any atom is -0.481 e. The van der Waals surface area contributed by atoms with Gasteiger partial charge in [0.2, 0.25) is 0 Å². The molecule has 1 aromatic rings. The molecule has 1 fully saturated rings. The van der Waals surface area contributed by atoms with Crippen LogP contribution in [0.3, 0.4) is 0 Å². The van der Waals surface area contributed by atoms with E-state index in [1.807, 2.05) is 19.9 Å². The largest absolute Gasteiger partial charge is 0.481 e. The van der Waals surface area contributed by atoms with Crippen molar-refractivity contribution in [2.24, 2.45) is 5.92 Å². The molecule has 1 unspecified atom stereocenters. The van der Waals surface area contributed by atoms with Gasteiger partial charge in [-0.25, -0.2) is 0 Å². The molecule has 1 N–H and O–H groups in total. The van der Waals surface area contributed by atoms with E-state index in [1.165, 1.54) is 0 Å². The maximum atomic E-state index is 12.6. The van der Waals surface area contributed by atoms with E-state index in [0.717, 1.165) is 37.0 Å². The van der Waals surface area contributed by atoms with E-state index in [4.69, 9.17) is 9.52 Å². The Hall–Kier alpha value is -1.78. The van der Waals surface area contributed by atoms with Crippen molar-refractivity contribution in [3.63, 3.8) is 0 Å². The molecule has 0 saturated heterocycles. The maximum absolute atomic E-state index is 12.6. The lowest BCUT2D eigenvalue weighted by molar-refractivity contribution is -0.141. The Labute approximate surface area is 124 Å². The maximum Gasteiger partial charge on any atom is 0.308 e. The number of rotatable bonds is 7. The monoisotopic (exact) mass is 293 g/mol. The van der Waals surface area contributed by atoms with Crippen molar-refractivity contribution >= 4 is 11.9 Å². The quantitative estimate of drug-likeness (QED) is 0.839. The summed E-state index contributed by atoms with van der Waals surface area (Å²) in [4.78, 5) is 25.3. The Balaban J connectivity index is 2.18. The fourth-order valence-electron chi connectivity index (χ4n) is 2.47. The molecule has 21 heavy (non-hydrogen) atoms. The second kappa shape index (κ2) is 6.33. The Morgan fingerprint density at radius 2 is 2.05 bits per heavy atom. The van der Waals surface area contributed by atoms with Crippen LogP contribution in [0.5, 0.6) is 0 Å². The van der Waals surface area contributed by atoms with E-state index in [2.05, 4.69) is 0 Å². The summed E-state index contributed by atoms with van der Waals surface area (Å²) in [6.07, 6.45) is 3.47. The van der Waals surface area contributed by atoms with Crippen LogP contribution in [0.25, 0.3) is 0 Å². The van der Waals surface area contributed by atoms with Gasteiger partial charge in [0.05, 0.1) is 5.92 Å². The van der Waals surface area contributed by atoms with Crippen molar-refractivity contribution in [2.75, 3.05) is 6.54 Å². The van der Waals surface area contributed by atoms with Gasteiger partial charge >= 0.3 is 5.97 Å². The number of hydrogen-bond donors (Lipinski definition) is 1. The molecular weight excluding hydrogens is 270 g/mol. The van der Waals surface area contributed by atoms with Gasteiger partial charge in [-0.2, -0.15) is 0 Å². The molecule has 0 radical (unpaired) electrons. The molecule has 2 rings (SSSR count). The molecule has 0 spiro atoms. The first-order valence-electron chi connectivity index (χ1n) is 7.63. The van der Waals surface area contributed by atoms with E-state index in [0.29, 0.717) is 5.76 Å². The number of amides is 1. The lowest BCUT2D eigenvalue weighted by Gasteiger charge is -2.23. The summed E-state index contributed by atoms with van der Waals surface area (Å²) in [5.74, 6) is -0.437. The number of carboxylic acid groups (broad SMARTS) is 1. The van der Waals surface area contributed by atoms with Crippen molar-refractivity contribution in [2.45, 2.75) is 52.5 Å². The standard InChI is InChI=1S/C16H23NO4/c1-4-11-8-14(21-13(11)5-2)15(18)17(12-6-7-12)9-10(3)16(19)20/h8,10,12H,4-7,9H2,1-3H3,(H,19,20). The van der Waals surface area contributed by atoms with Crippen LogP contribution >= 0.6 is 0 Å². The van der Waals surface area contributed by atoms with Gasteiger partial charge in [0.15, 0.2) is 5.76 Å². The van der Waals surface area contributed by atoms with E-state index < -0.39 is 11.9 Å². The number of furan rings is 1. The summed E-state index contributed by atoms with van der Waals surface area (Å²) < 4.78 is 5.68. The SMILES string of the molecule is CCc1cc(C(=O)N(CC(C)C(=O)O)C2CC2)oc1CC. The van der Waals surface area contributed by atoms with Crippen molar-refractivity contribution in [3.05, 3.63) is 23.2 Å². The van der Waals surface area contributed by atoms with Gasteiger partial charge in [0.25, 0.3) is 5.91 Å². The van der Waals surface area contributed by atoms with Crippen molar-refractivity contribution in [1.82, 2.24) is 4.90 Å². The van der Waals surface area contributed by atoms with Crippen LogP contribution in [0.4, 0.5) is 0 Å². The highest BCUT2D eigenvalue weighted by molar-refractivity contribution is 5.92. The van der Waals surface area contributed by atoms with Crippen LogP contribution in [-0.2, 0) is 17.6 Å². The topological polar surface area (TPSA) is 70.8 Å². The Bertz CT molecular complexity index is 509. The lowest BCUT2D eigenvalue weighted by atomic mass is 10.1. The second-order valence-corrected chi connectivity index (χ2v) is 5.69. The third-order valence-corrected chi connectivity index (χ3v) is 3.95. The average molecular weight is 293 g/mol. The minimum atomic E-state index is -0.878. The third kappa shape index (κ3) is 3.46. The minimum absolute atomic E-state index is 0.166. The number of aryl methyl sites for hydroxylation is 2. The highest BCUT2D eigenvalue weighted by Crippen LogP contribution is 2.30. The molecule has 0 aromatic carbocycles. The molecule has 1 amide bonds. The predicted octanol–water partition coefficient (Wildman–Crippen LogP) is 2.73. The van der Waals surface area contributed by atoms with E-state index >= 15 is 0 Å². The van der Waals surface area contributed by atoms with Crippen LogP contribution in [-0.4, -0.2) is 34.5 Å². The zero-order chi connectivity index (χ0) is 15.6. The number of aliphatic carboxylic acids is 1. The molecule has 1 atom stereocenters. The molecule has 1 aromatic heterocycles. The van der Waals surface area contributed by atoms with Gasteiger partial charge in [-0.1, -0.05) is 20.8 Å². The van der Waals surface area contributed by atoms with Gasteiger partial charge in [0.1, 0.15) is 5.76 Å².